The van der Waals surface area contributed by atoms with Crippen molar-refractivity contribution in [3.8, 4) is 5.88 Å². The normalized spacial score (nSPS) is 15.5. The van der Waals surface area contributed by atoms with Crippen LogP contribution < -0.4 is 20.7 Å². The first-order valence-corrected chi connectivity index (χ1v) is 11.6. The summed E-state index contributed by atoms with van der Waals surface area (Å²) in [7, 11) is 0. The molecule has 8 nitrogen and oxygen atoms in total. The maximum atomic E-state index is 14.5. The minimum Gasteiger partial charge on any atom is -0.472 e. The number of allylic oxidation sites excluding steroid dienone is 2. The molecule has 0 radical (unpaired) electrons. The third kappa shape index (κ3) is 7.00. The molecule has 1 saturated heterocycles. The van der Waals surface area contributed by atoms with Gasteiger partial charge in [-0.05, 0) is 36.8 Å². The zero-order valence-electron chi connectivity index (χ0n) is 19.6. The van der Waals surface area contributed by atoms with Crippen molar-refractivity contribution in [1.29, 1.82) is 0 Å². The Bertz CT molecular complexity index is 1160. The van der Waals surface area contributed by atoms with Crippen LogP contribution in [0.1, 0.15) is 26.2 Å². The quantitative estimate of drug-likeness (QED) is 0.293. The van der Waals surface area contributed by atoms with E-state index in [9.17, 15) is 4.39 Å². The molecule has 0 amide bonds. The number of aromatic nitrogens is 3. The predicted octanol–water partition coefficient (Wildman–Crippen LogP) is 5.95. The number of pyridine rings is 1. The topological polar surface area (TPSA) is 93.2 Å². The summed E-state index contributed by atoms with van der Waals surface area (Å²) in [4.78, 5) is 12.6. The first-order valence-electron chi connectivity index (χ1n) is 11.6. The smallest absolute Gasteiger partial charge is 0.229 e. The minimum absolute atomic E-state index is 0.0276. The first kappa shape index (κ1) is 24.2. The molecule has 1 atom stereocenters. The molecule has 0 bridgehead atoms. The van der Waals surface area contributed by atoms with Crippen LogP contribution in [0.5, 0.6) is 5.88 Å². The van der Waals surface area contributed by atoms with E-state index in [0.717, 1.165) is 36.8 Å². The number of nitrogens with one attached hydrogen (secondary N) is 3. The Morgan fingerprint density at radius 3 is 2.80 bits per heavy atom. The van der Waals surface area contributed by atoms with E-state index in [-0.39, 0.29) is 17.9 Å². The Morgan fingerprint density at radius 1 is 1.17 bits per heavy atom. The number of hydrogen-bond donors (Lipinski definition) is 3. The zero-order valence-corrected chi connectivity index (χ0v) is 19.6. The van der Waals surface area contributed by atoms with Gasteiger partial charge in [-0.2, -0.15) is 4.98 Å². The maximum absolute atomic E-state index is 14.5. The molecule has 3 heterocycles. The van der Waals surface area contributed by atoms with E-state index in [4.69, 9.17) is 9.47 Å². The van der Waals surface area contributed by atoms with Gasteiger partial charge in [0.15, 0.2) is 11.6 Å². The van der Waals surface area contributed by atoms with Crippen LogP contribution in [-0.2, 0) is 4.74 Å². The van der Waals surface area contributed by atoms with E-state index >= 15 is 0 Å². The molecule has 9 heteroatoms. The van der Waals surface area contributed by atoms with Crippen molar-refractivity contribution in [2.75, 3.05) is 29.2 Å². The number of rotatable bonds is 11. The molecule has 0 spiro atoms. The van der Waals surface area contributed by atoms with E-state index < -0.39 is 5.82 Å². The van der Waals surface area contributed by atoms with Crippen LogP contribution in [0.25, 0.3) is 0 Å². The highest BCUT2D eigenvalue weighted by Gasteiger charge is 2.17. The molecule has 1 unspecified atom stereocenters. The summed E-state index contributed by atoms with van der Waals surface area (Å²) in [5.41, 5.74) is 3.10. The van der Waals surface area contributed by atoms with E-state index in [0.29, 0.717) is 30.5 Å². The molecule has 0 saturated carbocycles. The number of hydrogen-bond acceptors (Lipinski definition) is 8. The van der Waals surface area contributed by atoms with Crippen molar-refractivity contribution < 1.29 is 13.9 Å². The lowest BCUT2D eigenvalue weighted by molar-refractivity contribution is 0.138. The molecule has 1 fully saturated rings. The molecule has 1 aromatic carbocycles. The maximum Gasteiger partial charge on any atom is 0.229 e. The standard InChI is InChI=1S/C26H29FN6O2/c1-3-5-7-18(4-2)30-19-8-6-9-20(14-19)31-25-23(27)16-29-26(33-25)32-21-10-11-24(28-15-21)35-22-12-13-34-17-22/h4,6-11,14-16,22,30H,2-3,5,12-13,17H2,1H3,(H2,29,31,32,33)/b18-7-. The number of anilines is 5. The van der Waals surface area contributed by atoms with Gasteiger partial charge < -0.3 is 25.4 Å². The molecule has 0 aliphatic carbocycles. The molecular weight excluding hydrogens is 447 g/mol. The Labute approximate surface area is 204 Å². The molecule has 2 aromatic heterocycles. The second-order valence-electron chi connectivity index (χ2n) is 7.99. The molecule has 3 N–H and O–H groups in total. The monoisotopic (exact) mass is 476 g/mol. The van der Waals surface area contributed by atoms with Crippen molar-refractivity contribution >= 4 is 28.8 Å². The van der Waals surface area contributed by atoms with E-state index in [1.54, 1.807) is 24.4 Å². The summed E-state index contributed by atoms with van der Waals surface area (Å²) in [6.45, 7) is 7.24. The summed E-state index contributed by atoms with van der Waals surface area (Å²) in [6, 6.07) is 11.1. The Kier molecular flexibility index (Phi) is 8.24. The van der Waals surface area contributed by atoms with Crippen LogP contribution in [0, 0.1) is 5.82 Å². The summed E-state index contributed by atoms with van der Waals surface area (Å²) in [5, 5.41) is 9.38. The summed E-state index contributed by atoms with van der Waals surface area (Å²) in [6.07, 6.45) is 9.48. The number of halogens is 1. The van der Waals surface area contributed by atoms with Gasteiger partial charge in [0.05, 0.1) is 31.3 Å². The first-order chi connectivity index (χ1) is 17.1. The van der Waals surface area contributed by atoms with Crippen LogP contribution in [-0.4, -0.2) is 34.3 Å². The third-order valence-electron chi connectivity index (χ3n) is 5.20. The number of benzene rings is 1. The number of ether oxygens (including phenoxy) is 2. The molecule has 1 aliphatic rings. The van der Waals surface area contributed by atoms with Crippen molar-refractivity contribution in [3.63, 3.8) is 0 Å². The van der Waals surface area contributed by atoms with Gasteiger partial charge in [-0.1, -0.05) is 32.1 Å². The van der Waals surface area contributed by atoms with E-state index in [1.807, 2.05) is 24.3 Å². The minimum atomic E-state index is -0.566. The fourth-order valence-corrected chi connectivity index (χ4v) is 3.41. The summed E-state index contributed by atoms with van der Waals surface area (Å²) in [5.74, 6) is 0.244. The average molecular weight is 477 g/mol. The van der Waals surface area contributed by atoms with Crippen LogP contribution in [0.3, 0.4) is 0 Å². The zero-order chi connectivity index (χ0) is 24.5. The van der Waals surface area contributed by atoms with Crippen LogP contribution in [0.4, 0.5) is 33.2 Å². The Balaban J connectivity index is 1.42. The predicted molar refractivity (Wildman–Crippen MR) is 136 cm³/mol. The highest BCUT2D eigenvalue weighted by Crippen LogP contribution is 2.24. The Morgan fingerprint density at radius 2 is 2.06 bits per heavy atom. The van der Waals surface area contributed by atoms with Crippen molar-refractivity contribution in [2.24, 2.45) is 0 Å². The average Bonchev–Trinajstić information content (AvgIpc) is 3.38. The highest BCUT2D eigenvalue weighted by molar-refractivity contribution is 5.65. The largest absolute Gasteiger partial charge is 0.472 e. The fourth-order valence-electron chi connectivity index (χ4n) is 3.41. The van der Waals surface area contributed by atoms with E-state index in [1.165, 1.54) is 0 Å². The van der Waals surface area contributed by atoms with Crippen molar-refractivity contribution in [2.45, 2.75) is 32.3 Å². The molecule has 182 valence electrons. The highest BCUT2D eigenvalue weighted by atomic mass is 19.1. The lowest BCUT2D eigenvalue weighted by Gasteiger charge is -2.13. The third-order valence-corrected chi connectivity index (χ3v) is 5.20. The van der Waals surface area contributed by atoms with Crippen LogP contribution in [0.2, 0.25) is 0 Å². The Hall–Kier alpha value is -3.98. The van der Waals surface area contributed by atoms with Gasteiger partial charge in [-0.3, -0.25) is 0 Å². The van der Waals surface area contributed by atoms with Gasteiger partial charge in [0, 0.05) is 29.6 Å². The number of unbranched alkanes of at least 4 members (excludes halogenated alkanes) is 1. The SMILES string of the molecule is C=C/C(=C/CCC)Nc1cccc(Nc2nc(Nc3ccc(OC4CCOC4)nc3)ncc2F)c1. The lowest BCUT2D eigenvalue weighted by Crippen LogP contribution is -2.16. The van der Waals surface area contributed by atoms with Gasteiger partial charge in [0.2, 0.25) is 11.8 Å². The lowest BCUT2D eigenvalue weighted by atomic mass is 10.2. The van der Waals surface area contributed by atoms with Gasteiger partial charge in [0.1, 0.15) is 6.10 Å². The van der Waals surface area contributed by atoms with Gasteiger partial charge in [0.25, 0.3) is 0 Å². The number of nitrogens with zero attached hydrogens (tertiary/aromatic N) is 3. The molecule has 4 rings (SSSR count). The molecular formula is C26H29FN6O2. The molecule has 3 aromatic rings. The van der Waals surface area contributed by atoms with Gasteiger partial charge >= 0.3 is 0 Å². The fraction of sp³-hybridized carbons (Fsp3) is 0.269. The molecule has 1 aliphatic heterocycles. The van der Waals surface area contributed by atoms with Crippen molar-refractivity contribution in [3.05, 3.63) is 79.0 Å². The van der Waals surface area contributed by atoms with Crippen molar-refractivity contribution in [1.82, 2.24) is 15.0 Å². The second kappa shape index (κ2) is 11.9. The van der Waals surface area contributed by atoms with Gasteiger partial charge in [-0.25, -0.2) is 14.4 Å². The second-order valence-corrected chi connectivity index (χ2v) is 7.99. The summed E-state index contributed by atoms with van der Waals surface area (Å²) < 4.78 is 25.5. The van der Waals surface area contributed by atoms with Gasteiger partial charge in [-0.15, -0.1) is 0 Å². The molecule has 35 heavy (non-hydrogen) atoms. The van der Waals surface area contributed by atoms with Crippen LogP contribution >= 0.6 is 0 Å². The summed E-state index contributed by atoms with van der Waals surface area (Å²) >= 11 is 0. The van der Waals surface area contributed by atoms with E-state index in [2.05, 4.69) is 50.5 Å². The van der Waals surface area contributed by atoms with Crippen LogP contribution in [0.15, 0.2) is 73.2 Å².